The summed E-state index contributed by atoms with van der Waals surface area (Å²) in [7, 11) is 1.84. The normalized spacial score (nSPS) is 17.3. The van der Waals surface area contributed by atoms with E-state index in [4.69, 9.17) is 11.6 Å². The number of rotatable bonds is 6. The summed E-state index contributed by atoms with van der Waals surface area (Å²) in [5.74, 6) is 0.879. The molecule has 0 bridgehead atoms. The first kappa shape index (κ1) is 24.9. The number of nitrogens with one attached hydrogen (secondary N) is 2. The van der Waals surface area contributed by atoms with E-state index in [0.717, 1.165) is 63.1 Å². The quantitative estimate of drug-likeness (QED) is 0.231. The SMILES string of the molecule is CN=C(NCc1ccc(N2CC=CC2)cc1)NC1CCN(Cc2ccc(Cl)cc2)CC1.I. The van der Waals surface area contributed by atoms with E-state index in [1.54, 1.807) is 0 Å². The van der Waals surface area contributed by atoms with Crippen LogP contribution in [0.3, 0.4) is 0 Å². The van der Waals surface area contributed by atoms with Gasteiger partial charge in [-0.1, -0.05) is 48.0 Å². The summed E-state index contributed by atoms with van der Waals surface area (Å²) in [4.78, 5) is 9.29. The molecule has 0 atom stereocenters. The Morgan fingerprint density at radius 2 is 1.59 bits per heavy atom. The van der Waals surface area contributed by atoms with E-state index in [9.17, 15) is 0 Å². The third kappa shape index (κ3) is 7.12. The Morgan fingerprint density at radius 1 is 0.969 bits per heavy atom. The van der Waals surface area contributed by atoms with Crippen molar-refractivity contribution in [3.05, 3.63) is 76.8 Å². The zero-order valence-corrected chi connectivity index (χ0v) is 21.7. The molecule has 172 valence electrons. The second-order valence-corrected chi connectivity index (χ2v) is 8.73. The standard InChI is InChI=1S/C25H32ClN5.HI/c1-27-25(28-18-20-6-10-24(11-7-20)31-14-2-3-15-31)29-23-12-16-30(17-13-23)19-21-4-8-22(26)9-5-21;/h2-11,23H,12-19H2,1H3,(H2,27,28,29);1H. The smallest absolute Gasteiger partial charge is 0.191 e. The van der Waals surface area contributed by atoms with Crippen LogP contribution < -0.4 is 15.5 Å². The molecule has 0 aromatic heterocycles. The Morgan fingerprint density at radius 3 is 2.22 bits per heavy atom. The van der Waals surface area contributed by atoms with Crippen molar-refractivity contribution in [3.8, 4) is 0 Å². The Kier molecular flexibility index (Phi) is 9.69. The number of likely N-dealkylation sites (tertiary alicyclic amines) is 1. The molecule has 2 aliphatic rings. The molecule has 0 aliphatic carbocycles. The minimum absolute atomic E-state index is 0. The highest BCUT2D eigenvalue weighted by atomic mass is 127. The van der Waals surface area contributed by atoms with E-state index in [0.29, 0.717) is 6.04 Å². The summed E-state index contributed by atoms with van der Waals surface area (Å²) in [6.45, 7) is 5.95. The maximum absolute atomic E-state index is 5.99. The lowest BCUT2D eigenvalue weighted by atomic mass is 10.0. The van der Waals surface area contributed by atoms with Gasteiger partial charge < -0.3 is 15.5 Å². The number of piperidine rings is 1. The molecule has 5 nitrogen and oxygen atoms in total. The van der Waals surface area contributed by atoms with Crippen LogP contribution in [0.15, 0.2) is 65.7 Å². The van der Waals surface area contributed by atoms with Gasteiger partial charge in [0.25, 0.3) is 0 Å². The van der Waals surface area contributed by atoms with Crippen LogP contribution in [0.2, 0.25) is 5.02 Å². The van der Waals surface area contributed by atoms with Crippen molar-refractivity contribution < 1.29 is 0 Å². The van der Waals surface area contributed by atoms with Crippen molar-refractivity contribution >= 4 is 47.2 Å². The molecule has 1 saturated heterocycles. The van der Waals surface area contributed by atoms with E-state index >= 15 is 0 Å². The van der Waals surface area contributed by atoms with Crippen LogP contribution in [0, 0.1) is 0 Å². The summed E-state index contributed by atoms with van der Waals surface area (Å²) in [5.41, 5.74) is 3.86. The molecule has 2 aromatic carbocycles. The van der Waals surface area contributed by atoms with Crippen LogP contribution in [0.5, 0.6) is 0 Å². The second kappa shape index (κ2) is 12.5. The van der Waals surface area contributed by atoms with E-state index in [-0.39, 0.29) is 24.0 Å². The molecule has 4 rings (SSSR count). The van der Waals surface area contributed by atoms with Gasteiger partial charge in [-0.2, -0.15) is 0 Å². The molecular weight excluding hydrogens is 533 g/mol. The average molecular weight is 566 g/mol. The molecular formula is C25H33ClIN5. The van der Waals surface area contributed by atoms with Crippen molar-refractivity contribution in [1.82, 2.24) is 15.5 Å². The summed E-state index contributed by atoms with van der Waals surface area (Å²) < 4.78 is 0. The Balaban J connectivity index is 0.00000289. The Labute approximate surface area is 213 Å². The van der Waals surface area contributed by atoms with Gasteiger partial charge >= 0.3 is 0 Å². The van der Waals surface area contributed by atoms with Crippen molar-refractivity contribution in [2.75, 3.05) is 38.1 Å². The zero-order chi connectivity index (χ0) is 21.5. The van der Waals surface area contributed by atoms with Gasteiger partial charge in [-0.3, -0.25) is 9.89 Å². The highest BCUT2D eigenvalue weighted by Crippen LogP contribution is 2.18. The first-order valence-electron chi connectivity index (χ1n) is 11.1. The van der Waals surface area contributed by atoms with E-state index in [1.807, 2.05) is 19.2 Å². The minimum Gasteiger partial charge on any atom is -0.364 e. The third-order valence-electron chi connectivity index (χ3n) is 6.05. The molecule has 2 heterocycles. The first-order chi connectivity index (χ1) is 15.2. The molecule has 0 radical (unpaired) electrons. The number of nitrogens with zero attached hydrogens (tertiary/aromatic N) is 3. The summed E-state index contributed by atoms with van der Waals surface area (Å²) in [6, 6.07) is 17.4. The first-order valence-corrected chi connectivity index (χ1v) is 11.5. The summed E-state index contributed by atoms with van der Waals surface area (Å²) in [5, 5.41) is 7.86. The van der Waals surface area contributed by atoms with Crippen LogP contribution >= 0.6 is 35.6 Å². The lowest BCUT2D eigenvalue weighted by molar-refractivity contribution is 0.198. The lowest BCUT2D eigenvalue weighted by Crippen LogP contribution is -2.48. The number of hydrogen-bond donors (Lipinski definition) is 2. The van der Waals surface area contributed by atoms with Gasteiger partial charge in [0.15, 0.2) is 5.96 Å². The number of halogens is 2. The summed E-state index contributed by atoms with van der Waals surface area (Å²) >= 11 is 5.99. The van der Waals surface area contributed by atoms with Gasteiger partial charge in [0.05, 0.1) is 0 Å². The molecule has 7 heteroatoms. The van der Waals surface area contributed by atoms with Gasteiger partial charge in [-0.05, 0) is 48.2 Å². The van der Waals surface area contributed by atoms with Gasteiger partial charge in [-0.15, -0.1) is 24.0 Å². The second-order valence-electron chi connectivity index (χ2n) is 8.29. The number of anilines is 1. The largest absolute Gasteiger partial charge is 0.364 e. The molecule has 2 aromatic rings. The molecule has 2 aliphatic heterocycles. The number of benzene rings is 2. The average Bonchev–Trinajstić information content (AvgIpc) is 3.35. The van der Waals surface area contributed by atoms with Crippen molar-refractivity contribution in [1.29, 1.82) is 0 Å². The molecule has 0 unspecified atom stereocenters. The van der Waals surface area contributed by atoms with E-state index < -0.39 is 0 Å². The maximum atomic E-state index is 5.99. The third-order valence-corrected chi connectivity index (χ3v) is 6.30. The lowest BCUT2D eigenvalue weighted by Gasteiger charge is -2.33. The number of guanidine groups is 1. The van der Waals surface area contributed by atoms with Crippen LogP contribution in [0.4, 0.5) is 5.69 Å². The molecule has 0 saturated carbocycles. The maximum Gasteiger partial charge on any atom is 0.191 e. The van der Waals surface area contributed by atoms with Gasteiger partial charge in [-0.25, -0.2) is 0 Å². The molecule has 0 amide bonds. The molecule has 32 heavy (non-hydrogen) atoms. The summed E-state index contributed by atoms with van der Waals surface area (Å²) in [6.07, 6.45) is 6.67. The van der Waals surface area contributed by atoms with Crippen LogP contribution in [0.1, 0.15) is 24.0 Å². The zero-order valence-electron chi connectivity index (χ0n) is 18.6. The highest BCUT2D eigenvalue weighted by molar-refractivity contribution is 14.0. The monoisotopic (exact) mass is 565 g/mol. The highest BCUT2D eigenvalue weighted by Gasteiger charge is 2.20. The predicted molar refractivity (Wildman–Crippen MR) is 146 cm³/mol. The topological polar surface area (TPSA) is 42.9 Å². The van der Waals surface area contributed by atoms with Crippen LogP contribution in [-0.4, -0.2) is 50.1 Å². The van der Waals surface area contributed by atoms with Gasteiger partial charge in [0.1, 0.15) is 0 Å². The van der Waals surface area contributed by atoms with Crippen molar-refractivity contribution in [2.24, 2.45) is 4.99 Å². The Bertz CT molecular complexity index is 882. The molecule has 0 spiro atoms. The predicted octanol–water partition coefficient (Wildman–Crippen LogP) is 4.66. The van der Waals surface area contributed by atoms with Gasteiger partial charge in [0, 0.05) is 63.1 Å². The van der Waals surface area contributed by atoms with Crippen molar-refractivity contribution in [2.45, 2.75) is 32.0 Å². The number of hydrogen-bond acceptors (Lipinski definition) is 3. The van der Waals surface area contributed by atoms with E-state index in [1.165, 1.54) is 16.8 Å². The fourth-order valence-electron chi connectivity index (χ4n) is 4.17. The fraction of sp³-hybridized carbons (Fsp3) is 0.400. The van der Waals surface area contributed by atoms with Gasteiger partial charge in [0.2, 0.25) is 0 Å². The minimum atomic E-state index is 0. The van der Waals surface area contributed by atoms with E-state index in [2.05, 4.69) is 74.0 Å². The van der Waals surface area contributed by atoms with Crippen molar-refractivity contribution in [3.63, 3.8) is 0 Å². The Hall–Kier alpha value is -1.77. The molecule has 1 fully saturated rings. The van der Waals surface area contributed by atoms with Crippen LogP contribution in [-0.2, 0) is 13.1 Å². The fourth-order valence-corrected chi connectivity index (χ4v) is 4.30. The number of aliphatic imine (C=N–C) groups is 1. The van der Waals surface area contributed by atoms with Crippen LogP contribution in [0.25, 0.3) is 0 Å². The molecule has 2 N–H and O–H groups in total.